The fourth-order valence-electron chi connectivity index (χ4n) is 5.14. The van der Waals surface area contributed by atoms with E-state index in [-0.39, 0.29) is 29.2 Å². The first kappa shape index (κ1) is 13.4. The van der Waals surface area contributed by atoms with Crippen molar-refractivity contribution in [1.82, 2.24) is 0 Å². The van der Waals surface area contributed by atoms with Gasteiger partial charge >= 0.3 is 5.97 Å². The van der Waals surface area contributed by atoms with Gasteiger partial charge in [0, 0.05) is 12.3 Å². The Balaban J connectivity index is 1.91. The van der Waals surface area contributed by atoms with E-state index in [1.54, 1.807) is 0 Å². The molecule has 1 heterocycles. The zero-order chi connectivity index (χ0) is 14.1. The van der Waals surface area contributed by atoms with Gasteiger partial charge in [-0.25, -0.2) is 0 Å². The minimum atomic E-state index is -0.232. The van der Waals surface area contributed by atoms with Gasteiger partial charge in [0.15, 0.2) is 0 Å². The first-order valence-corrected chi connectivity index (χ1v) is 7.55. The lowest BCUT2D eigenvalue weighted by molar-refractivity contribution is -0.156. The van der Waals surface area contributed by atoms with Gasteiger partial charge in [0.1, 0.15) is 11.7 Å². The Morgan fingerprint density at radius 2 is 1.89 bits per heavy atom. The third-order valence-electron chi connectivity index (χ3n) is 6.11. The molecule has 0 aromatic carbocycles. The summed E-state index contributed by atoms with van der Waals surface area (Å²) in [5.74, 6) is 0.399. The summed E-state index contributed by atoms with van der Waals surface area (Å²) >= 11 is 0. The molecule has 3 heteroatoms. The molecule has 1 saturated heterocycles. The summed E-state index contributed by atoms with van der Waals surface area (Å²) in [5.41, 5.74) is 0.343. The van der Waals surface area contributed by atoms with Gasteiger partial charge in [-0.15, -0.1) is 0 Å². The number of carbonyl (C=O) groups excluding carboxylic acids is 1. The lowest BCUT2D eigenvalue weighted by Gasteiger charge is -2.54. The number of hydrogen-bond acceptors (Lipinski definition) is 3. The molecular formula is C16H26O3. The highest BCUT2D eigenvalue weighted by molar-refractivity contribution is 5.66. The van der Waals surface area contributed by atoms with Crippen LogP contribution in [0.1, 0.15) is 60.3 Å². The number of fused-ring (bicyclic) bond motifs is 3. The van der Waals surface area contributed by atoms with E-state index in [1.165, 1.54) is 26.2 Å². The maximum Gasteiger partial charge on any atom is 0.303 e. The fourth-order valence-corrected chi connectivity index (χ4v) is 5.14. The van der Waals surface area contributed by atoms with E-state index >= 15 is 0 Å². The number of carbonyl (C=O) groups is 1. The van der Waals surface area contributed by atoms with E-state index in [0.29, 0.717) is 11.3 Å². The summed E-state index contributed by atoms with van der Waals surface area (Å²) in [6.07, 6.45) is 4.95. The monoisotopic (exact) mass is 266 g/mol. The molecule has 0 amide bonds. The van der Waals surface area contributed by atoms with Gasteiger partial charge in [0.05, 0.1) is 6.10 Å². The molecule has 5 atom stereocenters. The van der Waals surface area contributed by atoms with E-state index in [2.05, 4.69) is 27.7 Å². The maximum atomic E-state index is 11.3. The van der Waals surface area contributed by atoms with E-state index in [9.17, 15) is 4.79 Å². The highest BCUT2D eigenvalue weighted by atomic mass is 16.6. The minimum absolute atomic E-state index is 0.0644. The van der Waals surface area contributed by atoms with Crippen LogP contribution in [0.15, 0.2) is 0 Å². The first-order chi connectivity index (χ1) is 8.70. The van der Waals surface area contributed by atoms with Crippen LogP contribution in [0, 0.1) is 16.7 Å². The van der Waals surface area contributed by atoms with Crippen LogP contribution in [0.5, 0.6) is 0 Å². The smallest absolute Gasteiger partial charge is 0.303 e. The number of rotatable bonds is 1. The van der Waals surface area contributed by atoms with Crippen LogP contribution in [0.25, 0.3) is 0 Å². The summed E-state index contributed by atoms with van der Waals surface area (Å²) in [7, 11) is 0. The number of epoxide rings is 1. The molecule has 3 nitrogen and oxygen atoms in total. The Morgan fingerprint density at radius 3 is 2.53 bits per heavy atom. The second-order valence-corrected chi connectivity index (χ2v) is 7.92. The average molecular weight is 266 g/mol. The van der Waals surface area contributed by atoms with Gasteiger partial charge in [0.2, 0.25) is 0 Å². The highest BCUT2D eigenvalue weighted by Gasteiger charge is 2.73. The summed E-state index contributed by atoms with van der Waals surface area (Å²) in [6.45, 7) is 10.7. The Kier molecular flexibility index (Phi) is 2.65. The van der Waals surface area contributed by atoms with E-state index < -0.39 is 0 Å². The Morgan fingerprint density at radius 1 is 1.21 bits per heavy atom. The normalized spacial score (nSPS) is 50.9. The third kappa shape index (κ3) is 1.77. The number of hydrogen-bond donors (Lipinski definition) is 0. The molecule has 19 heavy (non-hydrogen) atoms. The van der Waals surface area contributed by atoms with Crippen molar-refractivity contribution in [3.8, 4) is 0 Å². The van der Waals surface area contributed by atoms with Crippen molar-refractivity contribution in [3.05, 3.63) is 0 Å². The molecule has 0 spiro atoms. The number of esters is 1. The largest absolute Gasteiger partial charge is 0.459 e. The van der Waals surface area contributed by atoms with Crippen molar-refractivity contribution in [2.45, 2.75) is 78.1 Å². The molecule has 0 radical (unpaired) electrons. The Labute approximate surface area is 116 Å². The van der Waals surface area contributed by atoms with E-state index in [4.69, 9.17) is 9.47 Å². The summed E-state index contributed by atoms with van der Waals surface area (Å²) < 4.78 is 11.6. The van der Waals surface area contributed by atoms with Crippen LogP contribution in [0.4, 0.5) is 0 Å². The van der Waals surface area contributed by atoms with Crippen molar-refractivity contribution in [3.63, 3.8) is 0 Å². The van der Waals surface area contributed by atoms with Gasteiger partial charge in [-0.2, -0.15) is 0 Å². The molecule has 2 aliphatic carbocycles. The lowest BCUT2D eigenvalue weighted by atomic mass is 9.50. The predicted molar refractivity (Wildman–Crippen MR) is 72.7 cm³/mol. The topological polar surface area (TPSA) is 38.8 Å². The van der Waals surface area contributed by atoms with Crippen LogP contribution >= 0.6 is 0 Å². The molecule has 0 bridgehead atoms. The molecule has 3 fully saturated rings. The number of ether oxygens (including phenoxy) is 2. The molecular weight excluding hydrogens is 240 g/mol. The second-order valence-electron chi connectivity index (χ2n) is 7.92. The van der Waals surface area contributed by atoms with Crippen LogP contribution in [0.2, 0.25) is 0 Å². The summed E-state index contributed by atoms with van der Waals surface area (Å²) in [6, 6.07) is 0. The Hall–Kier alpha value is -0.570. The standard InChI is InChI=1S/C16H26O3/c1-10(17)18-12-9-11-14(2,3)7-6-8-15(11,4)13-16(12,5)19-13/h11-13H,6-9H2,1-5H3/t11-,12-,13-,15-,16+/m0/s1. The van der Waals surface area contributed by atoms with Gasteiger partial charge in [-0.3, -0.25) is 4.79 Å². The lowest BCUT2D eigenvalue weighted by Crippen LogP contribution is -2.55. The third-order valence-corrected chi connectivity index (χ3v) is 6.11. The summed E-state index contributed by atoms with van der Waals surface area (Å²) in [4.78, 5) is 11.3. The molecule has 0 aromatic heterocycles. The molecule has 108 valence electrons. The van der Waals surface area contributed by atoms with Crippen LogP contribution in [-0.2, 0) is 14.3 Å². The van der Waals surface area contributed by atoms with Crippen LogP contribution in [-0.4, -0.2) is 23.8 Å². The molecule has 3 aliphatic rings. The predicted octanol–water partition coefficient (Wildman–Crippen LogP) is 3.31. The zero-order valence-electron chi connectivity index (χ0n) is 12.8. The minimum Gasteiger partial charge on any atom is -0.459 e. The van der Waals surface area contributed by atoms with E-state index in [0.717, 1.165) is 6.42 Å². The van der Waals surface area contributed by atoms with Gasteiger partial charge < -0.3 is 9.47 Å². The second kappa shape index (κ2) is 3.75. The molecule has 3 rings (SSSR count). The van der Waals surface area contributed by atoms with Crippen molar-refractivity contribution < 1.29 is 14.3 Å². The quantitative estimate of drug-likeness (QED) is 0.540. The van der Waals surface area contributed by atoms with Gasteiger partial charge in [-0.05, 0) is 37.5 Å². The van der Waals surface area contributed by atoms with Crippen LogP contribution in [0.3, 0.4) is 0 Å². The molecule has 0 N–H and O–H groups in total. The highest BCUT2D eigenvalue weighted by Crippen LogP contribution is 2.67. The van der Waals surface area contributed by atoms with Gasteiger partial charge in [0.25, 0.3) is 0 Å². The van der Waals surface area contributed by atoms with Crippen LogP contribution < -0.4 is 0 Å². The van der Waals surface area contributed by atoms with Gasteiger partial charge in [-0.1, -0.05) is 27.2 Å². The maximum absolute atomic E-state index is 11.3. The molecule has 0 unspecified atom stereocenters. The van der Waals surface area contributed by atoms with Crippen molar-refractivity contribution in [1.29, 1.82) is 0 Å². The molecule has 1 aliphatic heterocycles. The molecule has 0 aromatic rings. The fraction of sp³-hybridized carbons (Fsp3) is 0.938. The van der Waals surface area contributed by atoms with Crippen molar-refractivity contribution in [2.75, 3.05) is 0 Å². The van der Waals surface area contributed by atoms with Crippen molar-refractivity contribution in [2.24, 2.45) is 16.7 Å². The zero-order valence-corrected chi connectivity index (χ0v) is 12.8. The Bertz CT molecular complexity index is 416. The average Bonchev–Trinajstić information content (AvgIpc) is 2.95. The first-order valence-electron chi connectivity index (χ1n) is 7.55. The SMILES string of the molecule is CC(=O)O[C@H]1C[C@H]2C(C)(C)CCC[C@]2(C)[C@@H]2O[C@]12C. The van der Waals surface area contributed by atoms with E-state index in [1.807, 2.05) is 0 Å². The summed E-state index contributed by atoms with van der Waals surface area (Å²) in [5, 5.41) is 0. The molecule has 2 saturated carbocycles. The van der Waals surface area contributed by atoms with Crippen molar-refractivity contribution >= 4 is 5.97 Å².